The van der Waals surface area contributed by atoms with Crippen LogP contribution in [-0.2, 0) is 17.8 Å². The molecule has 1 fully saturated rings. The maximum absolute atomic E-state index is 13.8. The molecule has 5 nitrogen and oxygen atoms in total. The number of rotatable bonds is 4. The third-order valence-electron chi connectivity index (χ3n) is 3.73. The average molecular weight is 331 g/mol. The summed E-state index contributed by atoms with van der Waals surface area (Å²) < 4.78 is 44.0. The van der Waals surface area contributed by atoms with Crippen molar-refractivity contribution in [2.75, 3.05) is 19.7 Å². The predicted molar refractivity (Wildman–Crippen MR) is 78.5 cm³/mol. The van der Waals surface area contributed by atoms with Gasteiger partial charge in [-0.2, -0.15) is 0 Å². The number of nitrogens with two attached hydrogens (primary N) is 1. The van der Waals surface area contributed by atoms with E-state index in [1.807, 2.05) is 0 Å². The summed E-state index contributed by atoms with van der Waals surface area (Å²) in [7, 11) is 0. The van der Waals surface area contributed by atoms with Gasteiger partial charge in [-0.15, -0.1) is 0 Å². The van der Waals surface area contributed by atoms with Crippen LogP contribution in [-0.4, -0.2) is 43.2 Å². The molecule has 0 bridgehead atoms. The van der Waals surface area contributed by atoms with Gasteiger partial charge in [0.2, 0.25) is 0 Å². The molecule has 0 aromatic heterocycles. The summed E-state index contributed by atoms with van der Waals surface area (Å²) in [6.07, 6.45) is -3.63. The van der Waals surface area contributed by atoms with E-state index in [-0.39, 0.29) is 39.2 Å². The molecule has 1 unspecified atom stereocenters. The van der Waals surface area contributed by atoms with Crippen LogP contribution in [0.15, 0.2) is 18.2 Å². The molecule has 23 heavy (non-hydrogen) atoms. The van der Waals surface area contributed by atoms with Crippen molar-refractivity contribution < 1.29 is 22.7 Å². The Kier molecular flexibility index (Phi) is 6.23. The Morgan fingerprint density at radius 2 is 2.22 bits per heavy atom. The Morgan fingerprint density at radius 1 is 1.43 bits per heavy atom. The molecule has 0 radical (unpaired) electrons. The zero-order valence-corrected chi connectivity index (χ0v) is 12.6. The summed E-state index contributed by atoms with van der Waals surface area (Å²) in [6, 6.07) is 4.16. The van der Waals surface area contributed by atoms with Gasteiger partial charge in [0.15, 0.2) is 0 Å². The summed E-state index contributed by atoms with van der Waals surface area (Å²) in [5.41, 5.74) is 6.43. The molecule has 2 rings (SSSR count). The highest BCUT2D eigenvalue weighted by molar-refractivity contribution is 5.74. The normalized spacial score (nSPS) is 18.8. The van der Waals surface area contributed by atoms with E-state index in [0.717, 1.165) is 0 Å². The monoisotopic (exact) mass is 331 g/mol. The van der Waals surface area contributed by atoms with Crippen molar-refractivity contribution in [2.24, 2.45) is 5.73 Å². The first-order valence-corrected chi connectivity index (χ1v) is 7.41. The van der Waals surface area contributed by atoms with Gasteiger partial charge in [-0.3, -0.25) is 0 Å². The van der Waals surface area contributed by atoms with Crippen molar-refractivity contribution in [1.82, 2.24) is 10.2 Å². The molecule has 2 amide bonds. The quantitative estimate of drug-likeness (QED) is 0.885. The van der Waals surface area contributed by atoms with Crippen molar-refractivity contribution in [3.63, 3.8) is 0 Å². The van der Waals surface area contributed by atoms with Crippen LogP contribution in [0.5, 0.6) is 0 Å². The fourth-order valence-electron chi connectivity index (χ4n) is 2.34. The molecular weight excluding hydrogens is 311 g/mol. The van der Waals surface area contributed by atoms with E-state index in [4.69, 9.17) is 10.5 Å². The SMILES string of the molecule is NCc1ccc(CNC(=O)N2CCOC(C(F)F)CC2)c(F)c1. The molecule has 1 aromatic rings. The maximum atomic E-state index is 13.8. The van der Waals surface area contributed by atoms with Crippen LogP contribution >= 0.6 is 0 Å². The summed E-state index contributed by atoms with van der Waals surface area (Å²) in [6.45, 7) is 0.717. The van der Waals surface area contributed by atoms with Crippen molar-refractivity contribution in [3.05, 3.63) is 35.1 Å². The second-order valence-electron chi connectivity index (χ2n) is 5.31. The van der Waals surface area contributed by atoms with Crippen molar-refractivity contribution >= 4 is 6.03 Å². The number of urea groups is 1. The van der Waals surface area contributed by atoms with Gasteiger partial charge in [0.05, 0.1) is 6.61 Å². The summed E-state index contributed by atoms with van der Waals surface area (Å²) in [5.74, 6) is -0.440. The number of ether oxygens (including phenoxy) is 1. The number of alkyl halides is 2. The number of hydrogen-bond acceptors (Lipinski definition) is 3. The Morgan fingerprint density at radius 3 is 2.87 bits per heavy atom. The molecule has 1 aromatic carbocycles. The van der Waals surface area contributed by atoms with E-state index >= 15 is 0 Å². The highest BCUT2D eigenvalue weighted by atomic mass is 19.3. The second kappa shape index (κ2) is 8.16. The molecule has 1 atom stereocenters. The number of amides is 2. The lowest BCUT2D eigenvalue weighted by molar-refractivity contribution is -0.0495. The molecule has 0 saturated carbocycles. The minimum absolute atomic E-state index is 0.0190. The molecule has 128 valence electrons. The van der Waals surface area contributed by atoms with Crippen LogP contribution < -0.4 is 11.1 Å². The highest BCUT2D eigenvalue weighted by Crippen LogP contribution is 2.15. The fraction of sp³-hybridized carbons (Fsp3) is 0.533. The first kappa shape index (κ1) is 17.6. The van der Waals surface area contributed by atoms with Crippen LogP contribution in [0.4, 0.5) is 18.0 Å². The first-order valence-electron chi connectivity index (χ1n) is 7.41. The number of nitrogens with zero attached hydrogens (tertiary/aromatic N) is 1. The highest BCUT2D eigenvalue weighted by Gasteiger charge is 2.26. The van der Waals surface area contributed by atoms with Crippen LogP contribution in [0, 0.1) is 5.82 Å². The zero-order chi connectivity index (χ0) is 16.8. The van der Waals surface area contributed by atoms with Gasteiger partial charge < -0.3 is 20.7 Å². The molecule has 1 heterocycles. The van der Waals surface area contributed by atoms with Gasteiger partial charge >= 0.3 is 6.03 Å². The topological polar surface area (TPSA) is 67.6 Å². The largest absolute Gasteiger partial charge is 0.370 e. The number of halogens is 3. The maximum Gasteiger partial charge on any atom is 0.317 e. The van der Waals surface area contributed by atoms with Crippen LogP contribution in [0.3, 0.4) is 0 Å². The second-order valence-corrected chi connectivity index (χ2v) is 5.31. The molecule has 8 heteroatoms. The molecule has 1 aliphatic heterocycles. The average Bonchev–Trinajstić information content (AvgIpc) is 2.79. The van der Waals surface area contributed by atoms with Crippen molar-refractivity contribution in [1.29, 1.82) is 0 Å². The van der Waals surface area contributed by atoms with Gasteiger partial charge in [-0.05, 0) is 18.1 Å². The van der Waals surface area contributed by atoms with E-state index in [1.165, 1.54) is 11.0 Å². The van der Waals surface area contributed by atoms with Crippen LogP contribution in [0.25, 0.3) is 0 Å². The Balaban J connectivity index is 1.87. The van der Waals surface area contributed by atoms with E-state index < -0.39 is 24.4 Å². The van der Waals surface area contributed by atoms with Gasteiger partial charge in [0, 0.05) is 31.7 Å². The van der Waals surface area contributed by atoms with Gasteiger partial charge in [0.25, 0.3) is 6.43 Å². The molecule has 0 spiro atoms. The zero-order valence-electron chi connectivity index (χ0n) is 12.6. The number of hydrogen-bond donors (Lipinski definition) is 2. The molecule has 1 saturated heterocycles. The Bertz CT molecular complexity index is 543. The number of nitrogens with one attached hydrogen (secondary N) is 1. The Labute approximate surface area is 132 Å². The standard InChI is InChI=1S/C15H20F3N3O2/c16-12-7-10(8-19)1-2-11(12)9-20-15(22)21-4-3-13(14(17)18)23-6-5-21/h1-2,7,13-14H,3-6,8-9,19H2,(H,20,22). The lowest BCUT2D eigenvalue weighted by Crippen LogP contribution is -2.41. The molecular formula is C15H20F3N3O2. The van der Waals surface area contributed by atoms with Crippen molar-refractivity contribution in [3.8, 4) is 0 Å². The van der Waals surface area contributed by atoms with Crippen LogP contribution in [0.2, 0.25) is 0 Å². The number of benzene rings is 1. The van der Waals surface area contributed by atoms with E-state index in [2.05, 4.69) is 5.32 Å². The predicted octanol–water partition coefficient (Wildman–Crippen LogP) is 1.85. The summed E-state index contributed by atoms with van der Waals surface area (Å²) >= 11 is 0. The lowest BCUT2D eigenvalue weighted by atomic mass is 10.1. The van der Waals surface area contributed by atoms with Crippen molar-refractivity contribution in [2.45, 2.75) is 32.0 Å². The molecule has 1 aliphatic rings. The number of carbonyl (C=O) groups excluding carboxylic acids is 1. The van der Waals surface area contributed by atoms with Gasteiger partial charge in [-0.25, -0.2) is 18.0 Å². The fourth-order valence-corrected chi connectivity index (χ4v) is 2.34. The molecule has 0 aliphatic carbocycles. The summed E-state index contributed by atoms with van der Waals surface area (Å²) in [5, 5.41) is 2.59. The van der Waals surface area contributed by atoms with Crippen LogP contribution in [0.1, 0.15) is 17.5 Å². The third-order valence-corrected chi connectivity index (χ3v) is 3.73. The first-order chi connectivity index (χ1) is 11.0. The minimum atomic E-state index is -2.56. The third kappa shape index (κ3) is 4.84. The van der Waals surface area contributed by atoms with E-state index in [1.54, 1.807) is 12.1 Å². The number of carbonyl (C=O) groups is 1. The van der Waals surface area contributed by atoms with Gasteiger partial charge in [-0.1, -0.05) is 12.1 Å². The Hall–Kier alpha value is -1.80. The smallest absolute Gasteiger partial charge is 0.317 e. The summed E-state index contributed by atoms with van der Waals surface area (Å²) in [4.78, 5) is 13.5. The minimum Gasteiger partial charge on any atom is -0.370 e. The van der Waals surface area contributed by atoms with E-state index in [0.29, 0.717) is 11.1 Å². The van der Waals surface area contributed by atoms with Gasteiger partial charge in [0.1, 0.15) is 11.9 Å². The lowest BCUT2D eigenvalue weighted by Gasteiger charge is -2.20. The molecule has 3 N–H and O–H groups in total. The van der Waals surface area contributed by atoms with E-state index in [9.17, 15) is 18.0 Å².